The second-order valence-corrected chi connectivity index (χ2v) is 9.05. The first-order valence-electron chi connectivity index (χ1n) is 11.1. The predicted octanol–water partition coefficient (Wildman–Crippen LogP) is 4.43. The van der Waals surface area contributed by atoms with E-state index >= 15 is 0 Å². The van der Waals surface area contributed by atoms with Crippen LogP contribution in [0.25, 0.3) is 11.1 Å². The number of hydrogen-bond acceptors (Lipinski definition) is 6. The van der Waals surface area contributed by atoms with Crippen molar-refractivity contribution >= 4 is 29.0 Å². The van der Waals surface area contributed by atoms with Gasteiger partial charge >= 0.3 is 0 Å². The highest BCUT2D eigenvalue weighted by Crippen LogP contribution is 2.33. The number of aliphatic imine (C=N–C) groups is 1. The van der Waals surface area contributed by atoms with E-state index in [0.29, 0.717) is 29.5 Å². The number of nitrogens with zero attached hydrogens (tertiary/aromatic N) is 4. The zero-order valence-corrected chi connectivity index (χ0v) is 20.0. The number of aliphatic hydroxyl groups excluding tert-OH is 1. The van der Waals surface area contributed by atoms with Gasteiger partial charge in [0.05, 0.1) is 28.8 Å². The fraction of sp³-hybridized carbons (Fsp3) is 0.360. The molecule has 0 amide bonds. The molecule has 3 aliphatic rings. The number of halogens is 3. The van der Waals surface area contributed by atoms with Gasteiger partial charge in [-0.15, -0.1) is 0 Å². The molecule has 1 aromatic rings. The lowest BCUT2D eigenvalue weighted by atomic mass is 10.0. The zero-order chi connectivity index (χ0) is 24.5. The molecular weight excluding hydrogens is 460 g/mol. The molecule has 4 heterocycles. The standard InChI is InChI=1S/C25H28ClF2N5O/c1-16(31-23-5-4-19(14-32(23)3)25(2,27)28)33-10-7-17(8-11-33)24-21(26)12-18(13-30-24)20-6-9-29-22(20)15-34/h4-5,7,9,12-13,31,34H,1,6,8,10-11,14-15H2,2-3H3. The van der Waals surface area contributed by atoms with E-state index in [2.05, 4.69) is 32.8 Å². The Morgan fingerprint density at radius 1 is 1.35 bits per heavy atom. The molecule has 0 aliphatic carbocycles. The van der Waals surface area contributed by atoms with Crippen LogP contribution < -0.4 is 5.32 Å². The minimum Gasteiger partial charge on any atom is -0.390 e. The Hall–Kier alpha value is -2.97. The monoisotopic (exact) mass is 487 g/mol. The molecule has 0 unspecified atom stereocenters. The summed E-state index contributed by atoms with van der Waals surface area (Å²) in [5, 5.41) is 13.3. The summed E-state index contributed by atoms with van der Waals surface area (Å²) in [7, 11) is 1.77. The van der Waals surface area contributed by atoms with Crippen molar-refractivity contribution in [3.05, 3.63) is 76.3 Å². The van der Waals surface area contributed by atoms with Crippen LogP contribution in [0.1, 0.15) is 31.0 Å². The van der Waals surface area contributed by atoms with Crippen molar-refractivity contribution in [2.75, 3.05) is 33.3 Å². The number of pyridine rings is 1. The van der Waals surface area contributed by atoms with Crippen LogP contribution in [0, 0.1) is 0 Å². The number of rotatable bonds is 7. The van der Waals surface area contributed by atoms with Crippen molar-refractivity contribution in [1.82, 2.24) is 20.1 Å². The van der Waals surface area contributed by atoms with Gasteiger partial charge < -0.3 is 20.2 Å². The molecule has 0 aromatic carbocycles. The third-order valence-corrected chi connectivity index (χ3v) is 6.51. The maximum atomic E-state index is 13.6. The molecule has 0 atom stereocenters. The van der Waals surface area contributed by atoms with Crippen molar-refractivity contribution in [3.63, 3.8) is 0 Å². The third kappa shape index (κ3) is 5.08. The van der Waals surface area contributed by atoms with E-state index in [0.717, 1.165) is 48.1 Å². The molecule has 0 fully saturated rings. The number of aliphatic hydroxyl groups is 1. The van der Waals surface area contributed by atoms with Crippen LogP contribution in [-0.4, -0.2) is 65.3 Å². The second-order valence-electron chi connectivity index (χ2n) is 8.64. The molecule has 9 heteroatoms. The maximum absolute atomic E-state index is 13.6. The highest BCUT2D eigenvalue weighted by Gasteiger charge is 2.30. The Kier molecular flexibility index (Phi) is 6.91. The fourth-order valence-corrected chi connectivity index (χ4v) is 4.47. The Morgan fingerprint density at radius 2 is 2.15 bits per heavy atom. The molecule has 0 saturated heterocycles. The summed E-state index contributed by atoms with van der Waals surface area (Å²) in [6.45, 7) is 6.43. The molecule has 0 bridgehead atoms. The van der Waals surface area contributed by atoms with Gasteiger partial charge in [-0.3, -0.25) is 9.98 Å². The van der Waals surface area contributed by atoms with Gasteiger partial charge in [-0.05, 0) is 35.3 Å². The van der Waals surface area contributed by atoms with E-state index in [-0.39, 0.29) is 18.7 Å². The normalized spacial score (nSPS) is 18.7. The van der Waals surface area contributed by atoms with Crippen LogP contribution >= 0.6 is 11.6 Å². The Bertz CT molecular complexity index is 1150. The summed E-state index contributed by atoms with van der Waals surface area (Å²) >= 11 is 6.58. The molecule has 6 nitrogen and oxygen atoms in total. The van der Waals surface area contributed by atoms with Crippen molar-refractivity contribution in [3.8, 4) is 0 Å². The Balaban J connectivity index is 1.41. The number of allylic oxidation sites excluding steroid dienone is 3. The second kappa shape index (κ2) is 9.72. The van der Waals surface area contributed by atoms with Crippen LogP contribution in [0.3, 0.4) is 0 Å². The van der Waals surface area contributed by atoms with Crippen molar-refractivity contribution in [1.29, 1.82) is 0 Å². The summed E-state index contributed by atoms with van der Waals surface area (Å²) in [5.41, 5.74) is 4.36. The molecule has 3 aliphatic heterocycles. The van der Waals surface area contributed by atoms with Gasteiger partial charge in [-0.2, -0.15) is 0 Å². The highest BCUT2D eigenvalue weighted by molar-refractivity contribution is 6.32. The molecule has 0 spiro atoms. The third-order valence-electron chi connectivity index (χ3n) is 6.22. The lowest BCUT2D eigenvalue weighted by Crippen LogP contribution is -2.40. The maximum Gasteiger partial charge on any atom is 0.268 e. The quantitative estimate of drug-likeness (QED) is 0.595. The van der Waals surface area contributed by atoms with Crippen LogP contribution in [0.2, 0.25) is 5.02 Å². The van der Waals surface area contributed by atoms with Gasteiger partial charge in [0.2, 0.25) is 0 Å². The SMILES string of the molecule is C=C(NC1=CC=C(C(C)(F)F)CN1C)N1CC=C(c2ncc(C3=C(CO)N=CC3)cc2Cl)CC1. The lowest BCUT2D eigenvalue weighted by Gasteiger charge is -2.34. The van der Waals surface area contributed by atoms with Gasteiger partial charge in [0, 0.05) is 58.0 Å². The molecule has 4 rings (SSSR count). The fourth-order valence-electron chi connectivity index (χ4n) is 4.18. The first-order valence-corrected chi connectivity index (χ1v) is 11.5. The summed E-state index contributed by atoms with van der Waals surface area (Å²) < 4.78 is 27.2. The van der Waals surface area contributed by atoms with Gasteiger partial charge in [-0.25, -0.2) is 8.78 Å². The summed E-state index contributed by atoms with van der Waals surface area (Å²) in [4.78, 5) is 12.6. The van der Waals surface area contributed by atoms with Crippen molar-refractivity contribution < 1.29 is 13.9 Å². The summed E-state index contributed by atoms with van der Waals surface area (Å²) in [5.74, 6) is -1.41. The topological polar surface area (TPSA) is 64.0 Å². The summed E-state index contributed by atoms with van der Waals surface area (Å²) in [6.07, 6.45) is 10.2. The molecule has 0 saturated carbocycles. The zero-order valence-electron chi connectivity index (χ0n) is 19.3. The number of aromatic nitrogens is 1. The van der Waals surface area contributed by atoms with Gasteiger partial charge in [0.15, 0.2) is 0 Å². The van der Waals surface area contributed by atoms with E-state index in [9.17, 15) is 13.9 Å². The first kappa shape index (κ1) is 24.2. The van der Waals surface area contributed by atoms with Gasteiger partial charge in [-0.1, -0.05) is 30.3 Å². The average Bonchev–Trinajstić information content (AvgIpc) is 3.29. The first-order chi connectivity index (χ1) is 16.2. The molecule has 180 valence electrons. The van der Waals surface area contributed by atoms with Gasteiger partial charge in [0.1, 0.15) is 5.82 Å². The molecule has 0 radical (unpaired) electrons. The molecule has 34 heavy (non-hydrogen) atoms. The van der Waals surface area contributed by atoms with Crippen LogP contribution in [-0.2, 0) is 0 Å². The van der Waals surface area contributed by atoms with E-state index in [1.54, 1.807) is 30.4 Å². The molecule has 2 N–H and O–H groups in total. The Morgan fingerprint density at radius 3 is 2.76 bits per heavy atom. The summed E-state index contributed by atoms with van der Waals surface area (Å²) in [6, 6.07) is 1.88. The van der Waals surface area contributed by atoms with E-state index in [4.69, 9.17) is 11.6 Å². The van der Waals surface area contributed by atoms with Crippen LogP contribution in [0.4, 0.5) is 8.78 Å². The van der Waals surface area contributed by atoms with Crippen molar-refractivity contribution in [2.24, 2.45) is 4.99 Å². The van der Waals surface area contributed by atoms with Crippen LogP contribution in [0.5, 0.6) is 0 Å². The number of likely N-dealkylation sites (N-methyl/N-ethyl adjacent to an activating group) is 1. The molecular formula is C25H28ClF2N5O. The van der Waals surface area contributed by atoms with Crippen LogP contribution in [0.15, 0.2) is 65.0 Å². The van der Waals surface area contributed by atoms with E-state index < -0.39 is 5.92 Å². The smallest absolute Gasteiger partial charge is 0.268 e. The average molecular weight is 488 g/mol. The molecule has 1 aromatic heterocycles. The number of alkyl halides is 2. The van der Waals surface area contributed by atoms with Crippen molar-refractivity contribution in [2.45, 2.75) is 25.7 Å². The predicted molar refractivity (Wildman–Crippen MR) is 132 cm³/mol. The number of hydrogen-bond donors (Lipinski definition) is 2. The minimum absolute atomic E-state index is 0.0800. The lowest BCUT2D eigenvalue weighted by molar-refractivity contribution is 0.0560. The highest BCUT2D eigenvalue weighted by atomic mass is 35.5. The number of nitrogens with one attached hydrogen (secondary N) is 1. The Labute approximate surface area is 203 Å². The largest absolute Gasteiger partial charge is 0.390 e. The van der Waals surface area contributed by atoms with E-state index in [1.807, 2.05) is 6.07 Å². The minimum atomic E-state index is -2.84. The van der Waals surface area contributed by atoms with E-state index in [1.165, 1.54) is 6.08 Å². The van der Waals surface area contributed by atoms with Gasteiger partial charge in [0.25, 0.3) is 5.92 Å².